The average Bonchev–Trinajstić information content (AvgIpc) is 3.27. The van der Waals surface area contributed by atoms with Crippen LogP contribution in [0.25, 0.3) is 11.3 Å². The number of oxazole rings is 1. The van der Waals surface area contributed by atoms with E-state index < -0.39 is 17.7 Å². The number of anilines is 2. The number of nitrogens with one attached hydrogen (secondary N) is 2. The molecule has 2 aromatic carbocycles. The molecular weight excluding hydrogens is 414 g/mol. The van der Waals surface area contributed by atoms with E-state index in [-0.39, 0.29) is 11.4 Å². The summed E-state index contributed by atoms with van der Waals surface area (Å²) in [6.07, 6.45) is 2.90. The minimum absolute atomic E-state index is 0.108. The fraction of sp³-hybridized carbons (Fsp3) is 0.174. The number of hydrogen-bond donors (Lipinski definition) is 2. The van der Waals surface area contributed by atoms with Crippen LogP contribution in [0.3, 0.4) is 0 Å². The van der Waals surface area contributed by atoms with Crippen LogP contribution in [-0.2, 0) is 19.1 Å². The van der Waals surface area contributed by atoms with E-state index in [2.05, 4.69) is 15.6 Å². The normalized spacial score (nSPS) is 14.9. The number of aromatic nitrogens is 1. The summed E-state index contributed by atoms with van der Waals surface area (Å²) in [5.74, 6) is -1.81. The maximum atomic E-state index is 12.7. The molecule has 0 bridgehead atoms. The second-order valence-corrected chi connectivity index (χ2v) is 7.33. The van der Waals surface area contributed by atoms with Crippen molar-refractivity contribution in [3.8, 4) is 17.1 Å². The maximum absolute atomic E-state index is 12.7. The van der Waals surface area contributed by atoms with Crippen LogP contribution < -0.4 is 15.4 Å². The summed E-state index contributed by atoms with van der Waals surface area (Å²) in [5, 5.41) is 6.14. The molecule has 164 valence electrons. The molecule has 4 rings (SSSR count). The third-order valence-electron chi connectivity index (χ3n) is 4.55. The van der Waals surface area contributed by atoms with Crippen molar-refractivity contribution >= 4 is 23.3 Å². The monoisotopic (exact) mass is 435 g/mol. The molecule has 1 fully saturated rings. The van der Waals surface area contributed by atoms with Crippen molar-refractivity contribution in [2.24, 2.45) is 0 Å². The van der Waals surface area contributed by atoms with Gasteiger partial charge in [0.1, 0.15) is 11.6 Å². The fourth-order valence-electron chi connectivity index (χ4n) is 3.14. The highest BCUT2D eigenvalue weighted by Gasteiger charge is 2.41. The lowest BCUT2D eigenvalue weighted by atomic mass is 10.1. The van der Waals surface area contributed by atoms with Gasteiger partial charge in [0.25, 0.3) is 5.79 Å². The van der Waals surface area contributed by atoms with Crippen LogP contribution in [0.5, 0.6) is 5.75 Å². The van der Waals surface area contributed by atoms with Crippen molar-refractivity contribution in [2.75, 3.05) is 17.7 Å². The number of para-hydroxylation sites is 1. The van der Waals surface area contributed by atoms with E-state index in [1.54, 1.807) is 36.5 Å². The fourth-order valence-corrected chi connectivity index (χ4v) is 3.14. The Morgan fingerprint density at radius 1 is 0.969 bits per heavy atom. The van der Waals surface area contributed by atoms with Gasteiger partial charge in [0.15, 0.2) is 17.7 Å². The molecular formula is C23H21N3O6. The van der Waals surface area contributed by atoms with E-state index in [0.717, 1.165) is 0 Å². The number of ether oxygens (including phenoxy) is 3. The van der Waals surface area contributed by atoms with Crippen LogP contribution in [0.1, 0.15) is 13.8 Å². The van der Waals surface area contributed by atoms with E-state index >= 15 is 0 Å². The number of carbonyl (C=O) groups excluding carboxylic acids is 2. The summed E-state index contributed by atoms with van der Waals surface area (Å²) in [7, 11) is 1.53. The van der Waals surface area contributed by atoms with E-state index in [0.29, 0.717) is 28.4 Å². The smallest absolute Gasteiger partial charge is 0.352 e. The quantitative estimate of drug-likeness (QED) is 0.338. The van der Waals surface area contributed by atoms with Crippen LogP contribution in [0.15, 0.2) is 76.9 Å². The Labute approximate surface area is 184 Å². The van der Waals surface area contributed by atoms with Crippen LogP contribution >= 0.6 is 0 Å². The van der Waals surface area contributed by atoms with Gasteiger partial charge in [0, 0.05) is 31.3 Å². The summed E-state index contributed by atoms with van der Waals surface area (Å²) in [6, 6.07) is 14.3. The molecule has 0 unspecified atom stereocenters. The van der Waals surface area contributed by atoms with Gasteiger partial charge in [-0.05, 0) is 24.3 Å². The Bertz CT molecular complexity index is 1150. The number of carbonyl (C=O) groups is 2. The Morgan fingerprint density at radius 3 is 2.28 bits per heavy atom. The van der Waals surface area contributed by atoms with Crippen molar-refractivity contribution in [2.45, 2.75) is 19.6 Å². The van der Waals surface area contributed by atoms with Gasteiger partial charge in [-0.3, -0.25) is 0 Å². The predicted molar refractivity (Wildman–Crippen MR) is 115 cm³/mol. The van der Waals surface area contributed by atoms with Gasteiger partial charge in [0.2, 0.25) is 0 Å². The third kappa shape index (κ3) is 4.41. The lowest BCUT2D eigenvalue weighted by Gasteiger charge is -2.31. The highest BCUT2D eigenvalue weighted by atomic mass is 16.7. The predicted octanol–water partition coefficient (Wildman–Crippen LogP) is 3.92. The summed E-state index contributed by atoms with van der Waals surface area (Å²) in [5.41, 5.74) is 1.60. The van der Waals surface area contributed by atoms with Crippen LogP contribution in [0.4, 0.5) is 11.4 Å². The molecule has 2 heterocycles. The molecule has 0 saturated carbocycles. The Hall–Kier alpha value is -4.27. The highest BCUT2D eigenvalue weighted by Crippen LogP contribution is 2.33. The molecule has 3 aromatic rings. The first-order valence-electron chi connectivity index (χ1n) is 9.73. The minimum atomic E-state index is -1.35. The van der Waals surface area contributed by atoms with Crippen molar-refractivity contribution < 1.29 is 28.2 Å². The van der Waals surface area contributed by atoms with Gasteiger partial charge in [-0.2, -0.15) is 0 Å². The van der Waals surface area contributed by atoms with Crippen molar-refractivity contribution in [3.05, 3.63) is 72.5 Å². The summed E-state index contributed by atoms with van der Waals surface area (Å²) in [4.78, 5) is 29.3. The average molecular weight is 435 g/mol. The second-order valence-electron chi connectivity index (χ2n) is 7.33. The standard InChI is InChI=1S/C23H21N3O6/c1-23(2)31-21(27)19(22(28)32-23)20(25-14-7-5-4-6-8-14)26-15-9-10-16(17(11-15)29-3)18-12-24-13-30-18/h4-13,25-26H,1-3H3. The number of rotatable bonds is 6. The van der Waals surface area contributed by atoms with E-state index in [1.807, 2.05) is 18.2 Å². The summed E-state index contributed by atoms with van der Waals surface area (Å²) < 4.78 is 21.4. The van der Waals surface area contributed by atoms with Crippen molar-refractivity contribution in [1.29, 1.82) is 0 Å². The molecule has 32 heavy (non-hydrogen) atoms. The van der Waals surface area contributed by atoms with Gasteiger partial charge in [-0.25, -0.2) is 14.6 Å². The largest absolute Gasteiger partial charge is 0.496 e. The zero-order chi connectivity index (χ0) is 22.7. The molecule has 9 heteroatoms. The summed E-state index contributed by atoms with van der Waals surface area (Å²) in [6.45, 7) is 2.98. The van der Waals surface area contributed by atoms with E-state index in [1.165, 1.54) is 27.4 Å². The van der Waals surface area contributed by atoms with Crippen molar-refractivity contribution in [1.82, 2.24) is 4.98 Å². The molecule has 1 saturated heterocycles. The molecule has 0 atom stereocenters. The minimum Gasteiger partial charge on any atom is -0.496 e. The second kappa shape index (κ2) is 8.46. The molecule has 0 amide bonds. The first-order chi connectivity index (χ1) is 15.4. The Balaban J connectivity index is 1.73. The maximum Gasteiger partial charge on any atom is 0.352 e. The number of methoxy groups -OCH3 is 1. The first-order valence-corrected chi connectivity index (χ1v) is 9.73. The topological polar surface area (TPSA) is 112 Å². The molecule has 0 spiro atoms. The van der Waals surface area contributed by atoms with Gasteiger partial charge in [-0.15, -0.1) is 0 Å². The molecule has 0 aliphatic carbocycles. The number of benzene rings is 2. The number of esters is 2. The number of nitrogens with zero attached hydrogens (tertiary/aromatic N) is 1. The molecule has 2 N–H and O–H groups in total. The van der Waals surface area contributed by atoms with Gasteiger partial charge in [0.05, 0.1) is 18.9 Å². The van der Waals surface area contributed by atoms with Gasteiger partial charge < -0.3 is 29.3 Å². The zero-order valence-electron chi connectivity index (χ0n) is 17.7. The van der Waals surface area contributed by atoms with E-state index in [9.17, 15) is 9.59 Å². The lowest BCUT2D eigenvalue weighted by Crippen LogP contribution is -2.43. The zero-order valence-corrected chi connectivity index (χ0v) is 17.7. The SMILES string of the molecule is COc1cc(NC(Nc2ccccc2)=C2C(=O)OC(C)(C)OC2=O)ccc1-c1cnco1. The molecule has 9 nitrogen and oxygen atoms in total. The lowest BCUT2D eigenvalue weighted by molar-refractivity contribution is -0.222. The third-order valence-corrected chi connectivity index (χ3v) is 4.55. The number of cyclic esters (lactones) is 2. The Morgan fingerprint density at radius 2 is 1.66 bits per heavy atom. The molecule has 1 aliphatic heterocycles. The first kappa shape index (κ1) is 21.0. The van der Waals surface area contributed by atoms with Crippen LogP contribution in [0.2, 0.25) is 0 Å². The van der Waals surface area contributed by atoms with E-state index in [4.69, 9.17) is 18.6 Å². The van der Waals surface area contributed by atoms with Crippen molar-refractivity contribution in [3.63, 3.8) is 0 Å². The molecule has 0 radical (unpaired) electrons. The molecule has 1 aliphatic rings. The van der Waals surface area contributed by atoms with Crippen LogP contribution in [0, 0.1) is 0 Å². The van der Waals surface area contributed by atoms with Crippen LogP contribution in [-0.4, -0.2) is 29.8 Å². The summed E-state index contributed by atoms with van der Waals surface area (Å²) >= 11 is 0. The van der Waals surface area contributed by atoms with Gasteiger partial charge in [-0.1, -0.05) is 18.2 Å². The Kier molecular flexibility index (Phi) is 5.55. The number of hydrogen-bond acceptors (Lipinski definition) is 9. The molecule has 1 aromatic heterocycles. The highest BCUT2D eigenvalue weighted by molar-refractivity contribution is 6.16. The van der Waals surface area contributed by atoms with Gasteiger partial charge >= 0.3 is 11.9 Å².